The molecule has 12 heteroatoms. The van der Waals surface area contributed by atoms with Gasteiger partial charge in [0.15, 0.2) is 11.7 Å². The number of fused-ring (bicyclic) bond motifs is 1. The molecule has 1 aliphatic carbocycles. The van der Waals surface area contributed by atoms with Crippen molar-refractivity contribution in [3.8, 4) is 28.2 Å². The van der Waals surface area contributed by atoms with Gasteiger partial charge in [-0.2, -0.15) is 0 Å². The summed E-state index contributed by atoms with van der Waals surface area (Å²) in [7, 11) is -4.59. The molecule has 1 fully saturated rings. The maximum atomic E-state index is 12.2. The molecule has 0 saturated heterocycles. The van der Waals surface area contributed by atoms with E-state index < -0.39 is 25.7 Å². The molecule has 4 N–H and O–H groups in total. The number of furan rings is 1. The molecular formula is C23H19N2O8PS. The summed E-state index contributed by atoms with van der Waals surface area (Å²) in [6.45, 7) is -0.573. The van der Waals surface area contributed by atoms with E-state index in [2.05, 4.69) is 10.3 Å². The van der Waals surface area contributed by atoms with E-state index in [0.717, 1.165) is 23.1 Å². The number of ether oxygens (including phenoxy) is 1. The molecule has 1 saturated carbocycles. The topological polar surface area (TPSA) is 159 Å². The van der Waals surface area contributed by atoms with Crippen molar-refractivity contribution in [3.63, 3.8) is 0 Å². The van der Waals surface area contributed by atoms with Crippen molar-refractivity contribution in [2.24, 2.45) is 5.92 Å². The molecule has 0 radical (unpaired) electrons. The Kier molecular flexibility index (Phi) is 5.94. The fourth-order valence-corrected chi connectivity index (χ4v) is 5.04. The number of benzene rings is 2. The van der Waals surface area contributed by atoms with Crippen LogP contribution in [0, 0.1) is 5.92 Å². The van der Waals surface area contributed by atoms with Crippen LogP contribution < -0.4 is 15.6 Å². The fourth-order valence-electron chi connectivity index (χ4n) is 3.55. The first-order chi connectivity index (χ1) is 16.7. The quantitative estimate of drug-likeness (QED) is 0.256. The van der Waals surface area contributed by atoms with E-state index >= 15 is 0 Å². The Balaban J connectivity index is 1.58. The molecule has 0 aliphatic heterocycles. The summed E-state index contributed by atoms with van der Waals surface area (Å²) >= 11 is 1.32. The van der Waals surface area contributed by atoms with Crippen LogP contribution in [0.2, 0.25) is 0 Å². The molecule has 1 amide bonds. The molecule has 2 aromatic carbocycles. The average Bonchev–Trinajstić information content (AvgIpc) is 3.38. The summed E-state index contributed by atoms with van der Waals surface area (Å²) in [4.78, 5) is 46.5. The number of aliphatic carboxylic acids is 1. The zero-order valence-electron chi connectivity index (χ0n) is 18.0. The number of nitrogens with one attached hydrogen (secondary N) is 1. The second-order valence-electron chi connectivity index (χ2n) is 8.05. The number of carboxylic acids is 1. The molecule has 2 heterocycles. The van der Waals surface area contributed by atoms with E-state index in [1.54, 1.807) is 12.1 Å². The van der Waals surface area contributed by atoms with Gasteiger partial charge in [0.05, 0.1) is 10.2 Å². The van der Waals surface area contributed by atoms with E-state index in [1.165, 1.54) is 29.5 Å². The van der Waals surface area contributed by atoms with Crippen LogP contribution in [0.25, 0.3) is 32.7 Å². The predicted molar refractivity (Wildman–Crippen MR) is 129 cm³/mol. The molecule has 0 spiro atoms. The first-order valence-corrected chi connectivity index (χ1v) is 13.0. The molecule has 35 heavy (non-hydrogen) atoms. The van der Waals surface area contributed by atoms with Crippen LogP contribution in [-0.2, 0) is 14.2 Å². The van der Waals surface area contributed by atoms with E-state index in [0.29, 0.717) is 21.8 Å². The van der Waals surface area contributed by atoms with Gasteiger partial charge in [-0.15, -0.1) is 0 Å². The Morgan fingerprint density at radius 3 is 2.60 bits per heavy atom. The minimum Gasteiger partial charge on any atom is -0.482 e. The third-order valence-corrected chi connectivity index (χ3v) is 7.17. The Labute approximate surface area is 202 Å². The van der Waals surface area contributed by atoms with Gasteiger partial charge in [0.2, 0.25) is 11.4 Å². The number of carbonyl (C=O) groups excluding carboxylic acids is 1. The van der Waals surface area contributed by atoms with Crippen LogP contribution in [0.4, 0.5) is 5.13 Å². The summed E-state index contributed by atoms with van der Waals surface area (Å²) in [6.07, 6.45) is 1.76. The van der Waals surface area contributed by atoms with Crippen LogP contribution in [0.15, 0.2) is 52.9 Å². The molecule has 0 unspecified atom stereocenters. The van der Waals surface area contributed by atoms with Crippen LogP contribution in [0.3, 0.4) is 0 Å². The third-order valence-electron chi connectivity index (χ3n) is 5.34. The minimum absolute atomic E-state index is 0.0402. The molecule has 180 valence electrons. The highest BCUT2D eigenvalue weighted by molar-refractivity contribution is 7.59. The lowest BCUT2D eigenvalue weighted by atomic mass is 10.0. The highest BCUT2D eigenvalue weighted by Crippen LogP contribution is 2.40. The molecule has 2 aromatic heterocycles. The Morgan fingerprint density at radius 1 is 1.14 bits per heavy atom. The third kappa shape index (κ3) is 5.13. The van der Waals surface area contributed by atoms with Crippen LogP contribution in [0.5, 0.6) is 5.75 Å². The highest BCUT2D eigenvalue weighted by Gasteiger charge is 2.30. The van der Waals surface area contributed by atoms with Gasteiger partial charge in [0.25, 0.3) is 0 Å². The number of amides is 1. The Morgan fingerprint density at radius 2 is 1.91 bits per heavy atom. The lowest BCUT2D eigenvalue weighted by Gasteiger charge is -2.10. The summed E-state index contributed by atoms with van der Waals surface area (Å²) in [5, 5.41) is 12.4. The first-order valence-electron chi connectivity index (χ1n) is 10.5. The summed E-state index contributed by atoms with van der Waals surface area (Å²) in [6, 6.07) is 13.1. The van der Waals surface area contributed by atoms with Gasteiger partial charge in [-0.25, -0.2) is 9.78 Å². The van der Waals surface area contributed by atoms with Gasteiger partial charge in [0, 0.05) is 17.0 Å². The highest BCUT2D eigenvalue weighted by atomic mass is 32.1. The van der Waals surface area contributed by atoms with Crippen LogP contribution in [-0.4, -0.2) is 38.4 Å². The van der Waals surface area contributed by atoms with E-state index in [4.69, 9.17) is 14.3 Å². The normalized spacial score (nSPS) is 13.7. The lowest BCUT2D eigenvalue weighted by molar-refractivity contribution is -0.139. The molecule has 0 bridgehead atoms. The van der Waals surface area contributed by atoms with Gasteiger partial charge >= 0.3 is 13.6 Å². The minimum atomic E-state index is -4.59. The zero-order valence-corrected chi connectivity index (χ0v) is 19.7. The fraction of sp³-hybridized carbons (Fsp3) is 0.174. The summed E-state index contributed by atoms with van der Waals surface area (Å²) in [5.41, 5.74) is 2.04. The standard InChI is InChI=1S/C23H19N2O8PS/c26-19(27)11-32-15-9-13(8-14(10-15)18-6-7-20(33-18)34(29,30)31)16-2-1-3-17-21(16)35-23(24-17)25-22(28)12-4-5-12/h1-3,6-10,12H,4-5,11H2,(H,26,27)(H,24,25,28)(H2,29,30,31). The van der Waals surface area contributed by atoms with Gasteiger partial charge in [-0.05, 0) is 54.8 Å². The molecule has 4 aromatic rings. The lowest BCUT2D eigenvalue weighted by Crippen LogP contribution is -2.12. The van der Waals surface area contributed by atoms with Gasteiger partial charge in [0.1, 0.15) is 11.5 Å². The maximum Gasteiger partial charge on any atom is 0.391 e. The Hall–Kier alpha value is -3.50. The number of thiazole rings is 1. The van der Waals surface area contributed by atoms with Crippen molar-refractivity contribution < 1.29 is 38.2 Å². The number of carbonyl (C=O) groups is 2. The summed E-state index contributed by atoms with van der Waals surface area (Å²) < 4.78 is 23.1. The number of nitrogens with zero attached hydrogens (tertiary/aromatic N) is 1. The number of hydrogen-bond acceptors (Lipinski definition) is 7. The van der Waals surface area contributed by atoms with Gasteiger partial charge < -0.3 is 29.4 Å². The number of carboxylic acid groups (broad SMARTS) is 1. The molecule has 10 nitrogen and oxygen atoms in total. The average molecular weight is 514 g/mol. The molecule has 0 atom stereocenters. The monoisotopic (exact) mass is 514 g/mol. The number of anilines is 1. The van der Waals surface area contributed by atoms with Crippen molar-refractivity contribution in [1.82, 2.24) is 4.98 Å². The zero-order chi connectivity index (χ0) is 24.7. The summed E-state index contributed by atoms with van der Waals surface area (Å²) in [5.74, 6) is -0.745. The van der Waals surface area contributed by atoms with E-state index in [9.17, 15) is 23.9 Å². The molecular weight excluding hydrogens is 495 g/mol. The van der Waals surface area contributed by atoms with Crippen molar-refractivity contribution in [1.29, 1.82) is 0 Å². The maximum absolute atomic E-state index is 12.2. The second-order valence-corrected chi connectivity index (χ2v) is 10.6. The second kappa shape index (κ2) is 8.94. The molecule has 1 aliphatic rings. The number of hydrogen-bond donors (Lipinski definition) is 4. The van der Waals surface area contributed by atoms with Crippen LogP contribution in [0.1, 0.15) is 12.8 Å². The van der Waals surface area contributed by atoms with Crippen molar-refractivity contribution >= 4 is 51.7 Å². The van der Waals surface area contributed by atoms with Crippen molar-refractivity contribution in [2.75, 3.05) is 11.9 Å². The van der Waals surface area contributed by atoms with E-state index in [1.807, 2.05) is 18.2 Å². The van der Waals surface area contributed by atoms with Gasteiger partial charge in [-0.3, -0.25) is 9.36 Å². The van der Waals surface area contributed by atoms with Crippen molar-refractivity contribution in [3.05, 3.63) is 48.5 Å². The van der Waals surface area contributed by atoms with Crippen molar-refractivity contribution in [2.45, 2.75) is 12.8 Å². The smallest absolute Gasteiger partial charge is 0.391 e. The SMILES string of the molecule is O=C(O)COc1cc(-c2ccc(P(=O)(O)O)o2)cc(-c2cccc3nc(NC(=O)C4CC4)sc23)c1. The van der Waals surface area contributed by atoms with Crippen LogP contribution >= 0.6 is 18.9 Å². The molecule has 5 rings (SSSR count). The van der Waals surface area contributed by atoms with E-state index in [-0.39, 0.29) is 23.3 Å². The first kappa shape index (κ1) is 23.3. The predicted octanol–water partition coefficient (Wildman–Crippen LogP) is 3.84. The largest absolute Gasteiger partial charge is 0.482 e. The number of rotatable bonds is 8. The number of aromatic nitrogens is 1. The Bertz CT molecular complexity index is 1500. The van der Waals surface area contributed by atoms with Gasteiger partial charge in [-0.1, -0.05) is 23.5 Å².